The summed E-state index contributed by atoms with van der Waals surface area (Å²) in [4.78, 5) is 23.0. The molecule has 0 aliphatic carbocycles. The summed E-state index contributed by atoms with van der Waals surface area (Å²) in [5.74, 6) is -0.629. The van der Waals surface area contributed by atoms with E-state index in [4.69, 9.17) is 0 Å². The van der Waals surface area contributed by atoms with Crippen LogP contribution in [-0.4, -0.2) is 39.0 Å². The van der Waals surface area contributed by atoms with Crippen LogP contribution < -0.4 is 0 Å². The molecular weight excluding hydrogens is 329 g/mol. The van der Waals surface area contributed by atoms with Gasteiger partial charge in [-0.05, 0) is 25.1 Å². The molecule has 2 heterocycles. The number of halogens is 1. The first kappa shape index (κ1) is 16.5. The van der Waals surface area contributed by atoms with Crippen molar-refractivity contribution < 1.29 is 14.3 Å². The summed E-state index contributed by atoms with van der Waals surface area (Å²) in [5, 5.41) is 12.5. The van der Waals surface area contributed by atoms with Gasteiger partial charge in [0.25, 0.3) is 5.91 Å². The molecule has 5 nitrogen and oxygen atoms in total. The Balaban J connectivity index is 2.01. The summed E-state index contributed by atoms with van der Waals surface area (Å²) in [6.45, 7) is 2.13. The number of aryl methyl sites for hydroxylation is 1. The zero-order valence-corrected chi connectivity index (χ0v) is 13.9. The molecule has 0 spiro atoms. The van der Waals surface area contributed by atoms with Crippen LogP contribution in [0.4, 0.5) is 4.39 Å². The minimum Gasteiger partial charge on any atom is -0.395 e. The highest BCUT2D eigenvalue weighted by Gasteiger charge is 2.20. The first-order valence-corrected chi connectivity index (χ1v) is 8.32. The summed E-state index contributed by atoms with van der Waals surface area (Å²) < 4.78 is 13.5. The lowest BCUT2D eigenvalue weighted by Gasteiger charge is -2.21. The molecule has 1 aromatic carbocycles. The van der Waals surface area contributed by atoms with Gasteiger partial charge < -0.3 is 10.0 Å². The first-order valence-electron chi connectivity index (χ1n) is 7.44. The number of carbonyl (C=O) groups excluding carboxylic acids is 1. The fourth-order valence-electron chi connectivity index (χ4n) is 2.55. The van der Waals surface area contributed by atoms with Crippen molar-refractivity contribution in [3.63, 3.8) is 0 Å². The lowest BCUT2D eigenvalue weighted by molar-refractivity contribution is 0.0709. The number of aromatic nitrogens is 2. The van der Waals surface area contributed by atoms with Crippen molar-refractivity contribution >= 4 is 28.1 Å². The van der Waals surface area contributed by atoms with E-state index in [1.165, 1.54) is 28.4 Å². The monoisotopic (exact) mass is 345 g/mol. The average molecular weight is 345 g/mol. The number of aliphatic hydroxyl groups is 1. The van der Waals surface area contributed by atoms with Crippen LogP contribution in [0.25, 0.3) is 10.9 Å². The molecule has 0 saturated heterocycles. The summed E-state index contributed by atoms with van der Waals surface area (Å²) in [5.41, 5.74) is 1.52. The maximum Gasteiger partial charge on any atom is 0.255 e. The van der Waals surface area contributed by atoms with Crippen LogP contribution in [0.2, 0.25) is 0 Å². The third kappa shape index (κ3) is 3.42. The molecule has 7 heteroatoms. The van der Waals surface area contributed by atoms with Gasteiger partial charge in [0.1, 0.15) is 10.8 Å². The number of pyridine rings is 1. The van der Waals surface area contributed by atoms with Crippen molar-refractivity contribution in [1.82, 2.24) is 14.9 Å². The number of nitrogens with zero attached hydrogens (tertiary/aromatic N) is 3. The summed E-state index contributed by atoms with van der Waals surface area (Å²) in [7, 11) is 0. The minimum absolute atomic E-state index is 0.145. The van der Waals surface area contributed by atoms with Crippen molar-refractivity contribution in [3.05, 3.63) is 57.9 Å². The molecule has 0 saturated carbocycles. The Labute approximate surface area is 142 Å². The van der Waals surface area contributed by atoms with Gasteiger partial charge in [0.2, 0.25) is 0 Å². The number of fused-ring (bicyclic) bond motifs is 1. The Morgan fingerprint density at radius 2 is 2.21 bits per heavy atom. The Morgan fingerprint density at radius 1 is 1.38 bits per heavy atom. The van der Waals surface area contributed by atoms with Crippen LogP contribution in [-0.2, 0) is 6.54 Å². The summed E-state index contributed by atoms with van der Waals surface area (Å²) in [6.07, 6.45) is 1.68. The van der Waals surface area contributed by atoms with Gasteiger partial charge in [0.15, 0.2) is 0 Å². The highest BCUT2D eigenvalue weighted by Crippen LogP contribution is 2.22. The molecule has 0 unspecified atom stereocenters. The van der Waals surface area contributed by atoms with Crippen LogP contribution >= 0.6 is 11.3 Å². The molecule has 1 amide bonds. The van der Waals surface area contributed by atoms with Crippen molar-refractivity contribution in [2.45, 2.75) is 13.5 Å². The molecule has 0 aliphatic rings. The fraction of sp³-hybridized carbons (Fsp3) is 0.235. The van der Waals surface area contributed by atoms with Gasteiger partial charge in [-0.3, -0.25) is 9.78 Å². The van der Waals surface area contributed by atoms with E-state index in [0.717, 1.165) is 5.01 Å². The standard InChI is InChI=1S/C17H16FN3O2S/c1-11-8-14(13-3-2-12(18)9-15(13)20-11)17(23)21(5-6-22)10-16-19-4-7-24-16/h2-4,7-9,22H,5-6,10H2,1H3. The minimum atomic E-state index is -0.394. The summed E-state index contributed by atoms with van der Waals surface area (Å²) in [6, 6.07) is 5.88. The molecule has 3 aromatic rings. The number of rotatable bonds is 5. The van der Waals surface area contributed by atoms with Crippen molar-refractivity contribution in [2.75, 3.05) is 13.2 Å². The SMILES string of the molecule is Cc1cc(C(=O)N(CCO)Cc2nccs2)c2ccc(F)cc2n1. The van der Waals surface area contributed by atoms with Gasteiger partial charge >= 0.3 is 0 Å². The maximum absolute atomic E-state index is 13.5. The molecule has 0 atom stereocenters. The van der Waals surface area contributed by atoms with Crippen molar-refractivity contribution in [2.24, 2.45) is 0 Å². The predicted molar refractivity (Wildman–Crippen MR) is 90.4 cm³/mol. The Hall–Kier alpha value is -2.38. The largest absolute Gasteiger partial charge is 0.395 e. The smallest absolute Gasteiger partial charge is 0.255 e. The summed E-state index contributed by atoms with van der Waals surface area (Å²) >= 11 is 1.45. The van der Waals surface area contributed by atoms with E-state index in [-0.39, 0.29) is 19.1 Å². The van der Waals surface area contributed by atoms with Gasteiger partial charge in [0.05, 0.1) is 24.2 Å². The lowest BCUT2D eigenvalue weighted by Crippen LogP contribution is -2.33. The van der Waals surface area contributed by atoms with E-state index < -0.39 is 5.82 Å². The molecule has 0 bridgehead atoms. The second kappa shape index (κ2) is 7.02. The van der Waals surface area contributed by atoms with Gasteiger partial charge in [-0.25, -0.2) is 9.37 Å². The molecule has 0 radical (unpaired) electrons. The molecule has 2 aromatic heterocycles. The number of thiazole rings is 1. The second-order valence-corrected chi connectivity index (χ2v) is 6.33. The molecule has 0 aliphatic heterocycles. The Bertz CT molecular complexity index is 862. The molecule has 0 fully saturated rings. The van der Waals surface area contributed by atoms with Gasteiger partial charge in [-0.15, -0.1) is 11.3 Å². The van der Waals surface area contributed by atoms with Crippen molar-refractivity contribution in [1.29, 1.82) is 0 Å². The highest BCUT2D eigenvalue weighted by atomic mass is 32.1. The topological polar surface area (TPSA) is 66.3 Å². The second-order valence-electron chi connectivity index (χ2n) is 5.35. The number of amides is 1. The molecule has 24 heavy (non-hydrogen) atoms. The zero-order chi connectivity index (χ0) is 17.1. The number of hydrogen-bond acceptors (Lipinski definition) is 5. The number of benzene rings is 1. The fourth-order valence-corrected chi connectivity index (χ4v) is 3.18. The normalized spacial score (nSPS) is 11.0. The first-order chi connectivity index (χ1) is 11.6. The highest BCUT2D eigenvalue weighted by molar-refractivity contribution is 7.09. The van der Waals surface area contributed by atoms with Crippen LogP contribution in [0.5, 0.6) is 0 Å². The van der Waals surface area contributed by atoms with E-state index in [2.05, 4.69) is 9.97 Å². The van der Waals surface area contributed by atoms with E-state index in [0.29, 0.717) is 28.7 Å². The van der Waals surface area contributed by atoms with E-state index in [1.807, 2.05) is 5.38 Å². The van der Waals surface area contributed by atoms with E-state index >= 15 is 0 Å². The van der Waals surface area contributed by atoms with E-state index in [1.54, 1.807) is 25.3 Å². The third-order valence-electron chi connectivity index (χ3n) is 3.60. The average Bonchev–Trinajstić information content (AvgIpc) is 3.05. The molecule has 124 valence electrons. The predicted octanol–water partition coefficient (Wildman–Crippen LogP) is 2.77. The number of carbonyl (C=O) groups is 1. The molecular formula is C17H16FN3O2S. The van der Waals surface area contributed by atoms with Crippen molar-refractivity contribution in [3.8, 4) is 0 Å². The Kier molecular flexibility index (Phi) is 4.82. The molecule has 1 N–H and O–H groups in total. The van der Waals surface area contributed by atoms with Crippen LogP contribution in [0.1, 0.15) is 21.1 Å². The molecule has 3 rings (SSSR count). The zero-order valence-electron chi connectivity index (χ0n) is 13.1. The number of aliphatic hydroxyl groups excluding tert-OH is 1. The lowest BCUT2D eigenvalue weighted by atomic mass is 10.1. The Morgan fingerprint density at radius 3 is 2.92 bits per heavy atom. The van der Waals surface area contributed by atoms with E-state index in [9.17, 15) is 14.3 Å². The van der Waals surface area contributed by atoms with Crippen LogP contribution in [0.3, 0.4) is 0 Å². The van der Waals surface area contributed by atoms with Gasteiger partial charge in [-0.2, -0.15) is 0 Å². The van der Waals surface area contributed by atoms with Gasteiger partial charge in [0, 0.05) is 35.3 Å². The van der Waals surface area contributed by atoms with Gasteiger partial charge in [-0.1, -0.05) is 0 Å². The van der Waals surface area contributed by atoms with Crippen LogP contribution in [0, 0.1) is 12.7 Å². The quantitative estimate of drug-likeness (QED) is 0.772. The maximum atomic E-state index is 13.5. The third-order valence-corrected chi connectivity index (χ3v) is 4.36. The van der Waals surface area contributed by atoms with Crippen LogP contribution in [0.15, 0.2) is 35.8 Å². The number of hydrogen-bond donors (Lipinski definition) is 1.